The van der Waals surface area contributed by atoms with E-state index in [0.29, 0.717) is 24.5 Å². The third-order valence-electron chi connectivity index (χ3n) is 4.85. The number of benzene rings is 2. The molecule has 3 aromatic rings. The first kappa shape index (κ1) is 20.2. The fourth-order valence-electron chi connectivity index (χ4n) is 3.23. The van der Waals surface area contributed by atoms with Gasteiger partial charge in [-0.1, -0.05) is 30.2 Å². The van der Waals surface area contributed by atoms with Crippen molar-refractivity contribution in [2.45, 2.75) is 19.5 Å². The van der Waals surface area contributed by atoms with Gasteiger partial charge in [-0.15, -0.1) is 0 Å². The fourth-order valence-corrected chi connectivity index (χ4v) is 3.23. The molecule has 0 aliphatic carbocycles. The van der Waals surface area contributed by atoms with Crippen LogP contribution in [0.25, 0.3) is 0 Å². The molecule has 1 N–H and O–H groups in total. The third kappa shape index (κ3) is 4.41. The van der Waals surface area contributed by atoms with Crippen LogP contribution in [0, 0.1) is 17.7 Å². The van der Waals surface area contributed by atoms with Crippen LogP contribution in [0.1, 0.15) is 33.1 Å². The van der Waals surface area contributed by atoms with Crippen LogP contribution < -0.4 is 4.90 Å². The minimum atomic E-state index is -0.999. The van der Waals surface area contributed by atoms with E-state index < -0.39 is 5.97 Å². The highest BCUT2D eigenvalue weighted by Gasteiger charge is 2.32. The summed E-state index contributed by atoms with van der Waals surface area (Å²) in [5, 5.41) is 9.01. The van der Waals surface area contributed by atoms with E-state index in [0.717, 1.165) is 11.1 Å². The summed E-state index contributed by atoms with van der Waals surface area (Å²) in [5.41, 5.74) is 2.46. The summed E-state index contributed by atoms with van der Waals surface area (Å²) in [7, 11) is 1.60. The highest BCUT2D eigenvalue weighted by molar-refractivity contribution is 5.92. The molecule has 1 aliphatic rings. The smallest absolute Gasteiger partial charge is 0.335 e. The Kier molecular flexibility index (Phi) is 5.41. The lowest BCUT2D eigenvalue weighted by molar-refractivity contribution is 0.0696. The van der Waals surface area contributed by atoms with Crippen LogP contribution in [0.15, 0.2) is 52.9 Å². The van der Waals surface area contributed by atoms with Crippen LogP contribution in [0.3, 0.4) is 0 Å². The molecular weight excluding hydrogens is 401 g/mol. The van der Waals surface area contributed by atoms with Gasteiger partial charge in [0.1, 0.15) is 11.5 Å². The van der Waals surface area contributed by atoms with Crippen molar-refractivity contribution < 1.29 is 23.5 Å². The van der Waals surface area contributed by atoms with Crippen molar-refractivity contribution in [3.63, 3.8) is 0 Å². The third-order valence-corrected chi connectivity index (χ3v) is 4.85. The molecule has 0 spiro atoms. The summed E-state index contributed by atoms with van der Waals surface area (Å²) in [4.78, 5) is 31.1. The van der Waals surface area contributed by atoms with Gasteiger partial charge >= 0.3 is 12.0 Å². The highest BCUT2D eigenvalue weighted by atomic mass is 19.1. The van der Waals surface area contributed by atoms with E-state index in [1.165, 1.54) is 29.2 Å². The molecule has 8 heteroatoms. The van der Waals surface area contributed by atoms with Crippen LogP contribution in [-0.2, 0) is 19.5 Å². The zero-order valence-electron chi connectivity index (χ0n) is 16.6. The Morgan fingerprint density at radius 2 is 1.84 bits per heavy atom. The average Bonchev–Trinajstić information content (AvgIpc) is 3.16. The number of aromatic nitrogens is 1. The van der Waals surface area contributed by atoms with Crippen LogP contribution >= 0.6 is 0 Å². The number of hydrogen-bond acceptors (Lipinski definition) is 4. The molecule has 2 aromatic carbocycles. The number of fused-ring (bicyclic) bond motifs is 1. The van der Waals surface area contributed by atoms with E-state index in [2.05, 4.69) is 16.8 Å². The molecule has 4 rings (SSSR count). The van der Waals surface area contributed by atoms with Crippen molar-refractivity contribution in [1.29, 1.82) is 0 Å². The molecule has 2 heterocycles. The molecule has 0 bridgehead atoms. The van der Waals surface area contributed by atoms with Gasteiger partial charge in [0.05, 0.1) is 12.1 Å². The second-order valence-corrected chi connectivity index (χ2v) is 7.08. The lowest BCUT2D eigenvalue weighted by Gasteiger charge is -2.31. The average molecular weight is 419 g/mol. The van der Waals surface area contributed by atoms with Crippen molar-refractivity contribution in [3.05, 3.63) is 82.6 Å². The quantitative estimate of drug-likeness (QED) is 0.652. The molecule has 7 nitrogen and oxygen atoms in total. The molecule has 156 valence electrons. The topological polar surface area (TPSA) is 86.9 Å². The molecule has 1 aromatic heterocycles. The number of carbonyl (C=O) groups excluding carboxylic acids is 1. The molecule has 31 heavy (non-hydrogen) atoms. The van der Waals surface area contributed by atoms with Crippen molar-refractivity contribution in [1.82, 2.24) is 9.88 Å². The molecule has 0 radical (unpaired) electrons. The predicted molar refractivity (Wildman–Crippen MR) is 110 cm³/mol. The predicted octanol–water partition coefficient (Wildman–Crippen LogP) is 3.68. The lowest BCUT2D eigenvalue weighted by atomic mass is 10.1. The maximum Gasteiger partial charge on any atom is 0.335 e. The Labute approximate surface area is 177 Å². The first-order valence-electron chi connectivity index (χ1n) is 9.48. The first-order valence-corrected chi connectivity index (χ1v) is 9.48. The van der Waals surface area contributed by atoms with Gasteiger partial charge in [0.15, 0.2) is 0 Å². The molecule has 0 unspecified atom stereocenters. The van der Waals surface area contributed by atoms with Gasteiger partial charge in [-0.25, -0.2) is 19.0 Å². The lowest BCUT2D eigenvalue weighted by Crippen LogP contribution is -2.44. The maximum absolute atomic E-state index is 13.0. The number of amides is 2. The van der Waals surface area contributed by atoms with E-state index >= 15 is 0 Å². The Morgan fingerprint density at radius 1 is 1.16 bits per heavy atom. The Balaban J connectivity index is 1.47. The van der Waals surface area contributed by atoms with E-state index in [4.69, 9.17) is 9.52 Å². The molecule has 0 saturated heterocycles. The number of halogens is 1. The number of urea groups is 1. The number of aromatic carboxylic acids is 1. The Morgan fingerprint density at radius 3 is 2.52 bits per heavy atom. The van der Waals surface area contributed by atoms with Crippen molar-refractivity contribution in [2.24, 2.45) is 0 Å². The number of carboxylic acid groups (broad SMARTS) is 1. The summed E-state index contributed by atoms with van der Waals surface area (Å²) in [6.45, 7) is 0.559. The van der Waals surface area contributed by atoms with Gasteiger partial charge in [0.25, 0.3) is 5.89 Å². The van der Waals surface area contributed by atoms with Gasteiger partial charge in [-0.05, 0) is 41.3 Å². The minimum Gasteiger partial charge on any atom is -0.478 e. The molecular formula is C23H18FN3O4. The number of oxazole rings is 1. The number of carbonyl (C=O) groups is 2. The summed E-state index contributed by atoms with van der Waals surface area (Å²) in [6, 6.07) is 12.2. The summed E-state index contributed by atoms with van der Waals surface area (Å²) in [6.07, 6.45) is 0.417. The summed E-state index contributed by atoms with van der Waals surface area (Å²) in [5.74, 6) is 5.06. The molecule has 2 amide bonds. The van der Waals surface area contributed by atoms with Gasteiger partial charge in [-0.3, -0.25) is 4.90 Å². The highest BCUT2D eigenvalue weighted by Crippen LogP contribution is 2.29. The second-order valence-electron chi connectivity index (χ2n) is 7.08. The Hall–Kier alpha value is -4.12. The van der Waals surface area contributed by atoms with Crippen LogP contribution in [0.5, 0.6) is 0 Å². The normalized spacial score (nSPS) is 12.9. The minimum absolute atomic E-state index is 0.188. The van der Waals surface area contributed by atoms with E-state index in [1.807, 2.05) is 0 Å². The number of anilines is 1. The fraction of sp³-hybridized carbons (Fsp3) is 0.174. The van der Waals surface area contributed by atoms with Crippen LogP contribution in [0.2, 0.25) is 0 Å². The number of nitrogens with zero attached hydrogens (tertiary/aromatic N) is 3. The van der Waals surface area contributed by atoms with E-state index in [9.17, 15) is 14.0 Å². The number of hydrogen-bond donors (Lipinski definition) is 1. The van der Waals surface area contributed by atoms with Gasteiger partial charge in [-0.2, -0.15) is 0 Å². The molecule has 0 saturated carbocycles. The monoisotopic (exact) mass is 419 g/mol. The zero-order chi connectivity index (χ0) is 22.0. The van der Waals surface area contributed by atoms with Gasteiger partial charge in [0.2, 0.25) is 5.88 Å². The van der Waals surface area contributed by atoms with Crippen molar-refractivity contribution >= 4 is 17.9 Å². The number of carboxylic acids is 1. The van der Waals surface area contributed by atoms with Crippen molar-refractivity contribution in [2.75, 3.05) is 11.9 Å². The second kappa shape index (κ2) is 8.32. The Bertz CT molecular complexity index is 1190. The van der Waals surface area contributed by atoms with Crippen LogP contribution in [-0.4, -0.2) is 34.0 Å². The maximum atomic E-state index is 13.0. The van der Waals surface area contributed by atoms with E-state index in [-0.39, 0.29) is 29.8 Å². The molecule has 0 atom stereocenters. The molecule has 1 aliphatic heterocycles. The van der Waals surface area contributed by atoms with Crippen molar-refractivity contribution in [3.8, 4) is 11.8 Å². The molecule has 0 fully saturated rings. The van der Waals surface area contributed by atoms with Crippen LogP contribution in [0.4, 0.5) is 15.1 Å². The standard InChI is InChI=1S/C23H18FN3O4/c1-26-21-19(25-20(31-21)4-2-3-15-7-11-18(24)12-8-15)14-27(23(26)30)13-16-5-9-17(10-6-16)22(28)29/h5-12H,3,13-14H2,1H3,(H,28,29). The summed E-state index contributed by atoms with van der Waals surface area (Å²) >= 11 is 0. The zero-order valence-corrected chi connectivity index (χ0v) is 16.6. The van der Waals surface area contributed by atoms with Gasteiger partial charge < -0.3 is 14.4 Å². The van der Waals surface area contributed by atoms with Gasteiger partial charge in [0, 0.05) is 20.0 Å². The SMILES string of the molecule is CN1C(=O)N(Cc2ccc(C(=O)O)cc2)Cc2nc(C#CCc3ccc(F)cc3)oc21. The van der Waals surface area contributed by atoms with E-state index in [1.54, 1.807) is 36.2 Å². The summed E-state index contributed by atoms with van der Waals surface area (Å²) < 4.78 is 18.6. The number of rotatable bonds is 4. The first-order chi connectivity index (χ1) is 14.9. The largest absolute Gasteiger partial charge is 0.478 e.